The van der Waals surface area contributed by atoms with Crippen LogP contribution in [0.25, 0.3) is 0 Å². The summed E-state index contributed by atoms with van der Waals surface area (Å²) in [6, 6.07) is 0.792. The Morgan fingerprint density at radius 2 is 1.93 bits per heavy atom. The molecule has 2 atom stereocenters. The highest BCUT2D eigenvalue weighted by Crippen LogP contribution is 2.39. The van der Waals surface area contributed by atoms with E-state index < -0.39 is 0 Å². The van der Waals surface area contributed by atoms with Gasteiger partial charge in [0.2, 0.25) is 0 Å². The molecule has 0 radical (unpaired) electrons. The fourth-order valence-corrected chi connectivity index (χ4v) is 3.10. The van der Waals surface area contributed by atoms with E-state index in [0.717, 1.165) is 6.04 Å². The molecule has 0 aliphatic carbocycles. The molecular weight excluding hydrogens is 172 g/mol. The van der Waals surface area contributed by atoms with Crippen molar-refractivity contribution < 1.29 is 0 Å². The average Bonchev–Trinajstić information content (AvgIpc) is 2.74. The summed E-state index contributed by atoms with van der Waals surface area (Å²) in [6.45, 7) is 10.0. The van der Waals surface area contributed by atoms with Crippen molar-refractivity contribution in [3.63, 3.8) is 0 Å². The van der Waals surface area contributed by atoms with Crippen LogP contribution in [0.5, 0.6) is 0 Å². The van der Waals surface area contributed by atoms with Crippen molar-refractivity contribution in [3.05, 3.63) is 0 Å². The molecule has 2 unspecified atom stereocenters. The first-order chi connectivity index (χ1) is 6.65. The summed E-state index contributed by atoms with van der Waals surface area (Å²) in [6.07, 6.45) is 4.16. The molecular formula is C12H24N2. The zero-order chi connectivity index (χ0) is 10.2. The van der Waals surface area contributed by atoms with Gasteiger partial charge in [0.05, 0.1) is 0 Å². The van der Waals surface area contributed by atoms with Gasteiger partial charge < -0.3 is 9.80 Å². The summed E-state index contributed by atoms with van der Waals surface area (Å²) in [4.78, 5) is 5.19. The zero-order valence-electron chi connectivity index (χ0n) is 9.92. The topological polar surface area (TPSA) is 6.48 Å². The lowest BCUT2D eigenvalue weighted by Crippen LogP contribution is -2.34. The lowest BCUT2D eigenvalue weighted by Gasteiger charge is -2.27. The van der Waals surface area contributed by atoms with Crippen LogP contribution in [-0.2, 0) is 0 Å². The van der Waals surface area contributed by atoms with E-state index in [-0.39, 0.29) is 0 Å². The van der Waals surface area contributed by atoms with Crippen LogP contribution in [0.2, 0.25) is 0 Å². The van der Waals surface area contributed by atoms with Gasteiger partial charge in [-0.3, -0.25) is 0 Å². The Balaban J connectivity index is 1.94. The third-order valence-electron chi connectivity index (χ3n) is 4.31. The van der Waals surface area contributed by atoms with Crippen molar-refractivity contribution >= 4 is 0 Å². The summed E-state index contributed by atoms with van der Waals surface area (Å²) < 4.78 is 0. The van der Waals surface area contributed by atoms with E-state index >= 15 is 0 Å². The van der Waals surface area contributed by atoms with Crippen LogP contribution >= 0.6 is 0 Å². The summed E-state index contributed by atoms with van der Waals surface area (Å²) in [5.41, 5.74) is 0.665. The smallest absolute Gasteiger partial charge is 0.00645 e. The molecule has 0 N–H and O–H groups in total. The minimum atomic E-state index is 0.665. The summed E-state index contributed by atoms with van der Waals surface area (Å²) >= 11 is 0. The molecule has 0 aromatic heterocycles. The molecule has 0 saturated carbocycles. The Hall–Kier alpha value is -0.0800. The maximum absolute atomic E-state index is 2.69. The Labute approximate surface area is 88.3 Å². The molecule has 2 heteroatoms. The Morgan fingerprint density at radius 3 is 2.50 bits per heavy atom. The van der Waals surface area contributed by atoms with Crippen LogP contribution in [-0.4, -0.2) is 49.1 Å². The first-order valence-electron chi connectivity index (χ1n) is 6.08. The number of hydrogen-bond donors (Lipinski definition) is 0. The van der Waals surface area contributed by atoms with Crippen molar-refractivity contribution in [2.45, 2.75) is 39.2 Å². The third kappa shape index (κ3) is 1.82. The molecule has 2 rings (SSSR count). The minimum Gasteiger partial charge on any atom is -0.306 e. The van der Waals surface area contributed by atoms with Crippen molar-refractivity contribution in [2.24, 2.45) is 5.41 Å². The largest absolute Gasteiger partial charge is 0.306 e. The predicted molar refractivity (Wildman–Crippen MR) is 60.5 cm³/mol. The number of rotatable bonds is 2. The molecule has 2 nitrogen and oxygen atoms in total. The monoisotopic (exact) mass is 196 g/mol. The van der Waals surface area contributed by atoms with Gasteiger partial charge in [0.25, 0.3) is 0 Å². The van der Waals surface area contributed by atoms with Crippen LogP contribution in [0.1, 0.15) is 33.1 Å². The van der Waals surface area contributed by atoms with E-state index in [1.165, 1.54) is 45.4 Å². The maximum atomic E-state index is 2.69. The van der Waals surface area contributed by atoms with Gasteiger partial charge in [-0.2, -0.15) is 0 Å². The van der Waals surface area contributed by atoms with Crippen molar-refractivity contribution in [1.82, 2.24) is 9.80 Å². The molecule has 2 fully saturated rings. The summed E-state index contributed by atoms with van der Waals surface area (Å²) in [5.74, 6) is 0. The zero-order valence-corrected chi connectivity index (χ0v) is 9.92. The quantitative estimate of drug-likeness (QED) is 0.664. The third-order valence-corrected chi connectivity index (χ3v) is 4.31. The number of nitrogens with zero attached hydrogens (tertiary/aromatic N) is 2. The van der Waals surface area contributed by atoms with Crippen LogP contribution in [0.4, 0.5) is 0 Å². The number of likely N-dealkylation sites (tertiary alicyclic amines) is 2. The highest BCUT2D eigenvalue weighted by Gasteiger charge is 2.42. The normalized spacial score (nSPS) is 37.1. The Kier molecular flexibility index (Phi) is 2.85. The van der Waals surface area contributed by atoms with Crippen LogP contribution < -0.4 is 0 Å². The van der Waals surface area contributed by atoms with Gasteiger partial charge >= 0.3 is 0 Å². The number of hydrogen-bond acceptors (Lipinski definition) is 2. The van der Waals surface area contributed by atoms with Gasteiger partial charge in [0, 0.05) is 19.1 Å². The highest BCUT2D eigenvalue weighted by atomic mass is 15.2. The van der Waals surface area contributed by atoms with Crippen molar-refractivity contribution in [2.75, 3.05) is 33.2 Å². The van der Waals surface area contributed by atoms with Crippen molar-refractivity contribution in [3.8, 4) is 0 Å². The average molecular weight is 196 g/mol. The standard InChI is InChI=1S/C12H24N2/c1-4-11(2)14-8-6-12(10-14)5-7-13(3)9-12/h11H,4-10H2,1-3H3. The molecule has 1 spiro atoms. The molecule has 82 valence electrons. The predicted octanol–water partition coefficient (Wildman–Crippen LogP) is 1.81. The van der Waals surface area contributed by atoms with E-state index in [2.05, 4.69) is 30.7 Å². The van der Waals surface area contributed by atoms with E-state index in [1.807, 2.05) is 0 Å². The summed E-state index contributed by atoms with van der Waals surface area (Å²) in [7, 11) is 2.26. The molecule has 2 aliphatic heterocycles. The van der Waals surface area contributed by atoms with E-state index in [0.29, 0.717) is 5.41 Å². The molecule has 2 aliphatic rings. The molecule has 2 saturated heterocycles. The van der Waals surface area contributed by atoms with E-state index in [4.69, 9.17) is 0 Å². The van der Waals surface area contributed by atoms with Crippen LogP contribution in [0.15, 0.2) is 0 Å². The molecule has 0 amide bonds. The van der Waals surface area contributed by atoms with Gasteiger partial charge in [0.1, 0.15) is 0 Å². The van der Waals surface area contributed by atoms with E-state index in [1.54, 1.807) is 0 Å². The van der Waals surface area contributed by atoms with Gasteiger partial charge in [-0.05, 0) is 51.7 Å². The van der Waals surface area contributed by atoms with Gasteiger partial charge in [0.15, 0.2) is 0 Å². The fourth-order valence-electron chi connectivity index (χ4n) is 3.10. The lowest BCUT2D eigenvalue weighted by atomic mass is 9.86. The lowest BCUT2D eigenvalue weighted by molar-refractivity contribution is 0.209. The molecule has 0 aromatic rings. The summed E-state index contributed by atoms with van der Waals surface area (Å²) in [5, 5.41) is 0. The SMILES string of the molecule is CCC(C)N1CCC2(CCN(C)C2)C1. The highest BCUT2D eigenvalue weighted by molar-refractivity contribution is 4.97. The maximum Gasteiger partial charge on any atom is 0.00645 e. The Bertz CT molecular complexity index is 204. The van der Waals surface area contributed by atoms with Crippen LogP contribution in [0.3, 0.4) is 0 Å². The first kappa shape index (κ1) is 10.4. The first-order valence-corrected chi connectivity index (χ1v) is 6.08. The Morgan fingerprint density at radius 1 is 1.21 bits per heavy atom. The minimum absolute atomic E-state index is 0.665. The molecule has 0 bridgehead atoms. The second-order valence-corrected chi connectivity index (χ2v) is 5.47. The second-order valence-electron chi connectivity index (χ2n) is 5.47. The second kappa shape index (κ2) is 3.82. The van der Waals surface area contributed by atoms with Gasteiger partial charge in [-0.1, -0.05) is 6.92 Å². The molecule has 0 aromatic carbocycles. The van der Waals surface area contributed by atoms with Gasteiger partial charge in [-0.25, -0.2) is 0 Å². The molecule has 14 heavy (non-hydrogen) atoms. The van der Waals surface area contributed by atoms with Crippen LogP contribution in [0, 0.1) is 5.41 Å². The van der Waals surface area contributed by atoms with E-state index in [9.17, 15) is 0 Å². The van der Waals surface area contributed by atoms with Gasteiger partial charge in [-0.15, -0.1) is 0 Å². The fraction of sp³-hybridized carbons (Fsp3) is 1.00. The van der Waals surface area contributed by atoms with Crippen molar-refractivity contribution in [1.29, 1.82) is 0 Å². The molecule has 2 heterocycles.